The van der Waals surface area contributed by atoms with Crippen molar-refractivity contribution in [2.24, 2.45) is 50.2 Å². The van der Waals surface area contributed by atoms with E-state index in [-0.39, 0.29) is 50.9 Å². The maximum absolute atomic E-state index is 14.2. The van der Waals surface area contributed by atoms with Crippen molar-refractivity contribution < 1.29 is 14.7 Å². The van der Waals surface area contributed by atoms with Crippen LogP contribution in [0.2, 0.25) is 0 Å². The van der Waals surface area contributed by atoms with Crippen LogP contribution in [0.4, 0.5) is 0 Å². The Hall–Kier alpha value is -0.960. The van der Waals surface area contributed by atoms with Gasteiger partial charge in [0.1, 0.15) is 5.78 Å². The first-order chi connectivity index (χ1) is 15.2. The molecule has 1 N–H and O–H groups in total. The number of ketones is 2. The van der Waals surface area contributed by atoms with Gasteiger partial charge < -0.3 is 5.11 Å². The predicted molar refractivity (Wildman–Crippen MR) is 132 cm³/mol. The van der Waals surface area contributed by atoms with Gasteiger partial charge in [-0.1, -0.05) is 54.0 Å². The summed E-state index contributed by atoms with van der Waals surface area (Å²) in [6, 6.07) is 0. The van der Waals surface area contributed by atoms with E-state index in [1.54, 1.807) is 0 Å². The monoisotopic (exact) mass is 454 g/mol. The highest BCUT2D eigenvalue weighted by Crippen LogP contribution is 2.74. The molecule has 5 aliphatic rings. The van der Waals surface area contributed by atoms with Crippen molar-refractivity contribution in [1.29, 1.82) is 0 Å². The second kappa shape index (κ2) is 6.83. The van der Waals surface area contributed by atoms with Gasteiger partial charge in [-0.3, -0.25) is 9.59 Å². The number of allylic oxidation sites excluding steroid dienone is 2. The first-order valence-electron chi connectivity index (χ1n) is 13.6. The van der Waals surface area contributed by atoms with Crippen LogP contribution in [0, 0.1) is 50.2 Å². The molecule has 0 aliphatic heterocycles. The molecule has 0 radical (unpaired) electrons. The number of hydrogen-bond donors (Lipinski definition) is 1. The minimum atomic E-state index is -0.342. The fraction of sp³-hybridized carbons (Fsp3) is 0.867. The third-order valence-corrected chi connectivity index (χ3v) is 12.6. The van der Waals surface area contributed by atoms with Crippen LogP contribution < -0.4 is 0 Å². The van der Waals surface area contributed by atoms with Gasteiger partial charge in [-0.25, -0.2) is 0 Å². The molecular formula is C30H46O3. The van der Waals surface area contributed by atoms with Gasteiger partial charge in [-0.15, -0.1) is 0 Å². The van der Waals surface area contributed by atoms with Gasteiger partial charge in [0, 0.05) is 29.8 Å². The summed E-state index contributed by atoms with van der Waals surface area (Å²) >= 11 is 0. The van der Waals surface area contributed by atoms with Crippen LogP contribution in [0.15, 0.2) is 11.6 Å². The highest BCUT2D eigenvalue weighted by atomic mass is 16.3. The Balaban J connectivity index is 1.64. The summed E-state index contributed by atoms with van der Waals surface area (Å²) < 4.78 is 0. The van der Waals surface area contributed by atoms with Crippen molar-refractivity contribution >= 4 is 11.6 Å². The van der Waals surface area contributed by atoms with E-state index in [9.17, 15) is 14.7 Å². The lowest BCUT2D eigenvalue weighted by Crippen LogP contribution is -2.66. The molecule has 1 unspecified atom stereocenters. The van der Waals surface area contributed by atoms with Crippen molar-refractivity contribution in [2.45, 2.75) is 106 Å². The Morgan fingerprint density at radius 1 is 0.909 bits per heavy atom. The molecule has 0 aromatic carbocycles. The lowest BCUT2D eigenvalue weighted by molar-refractivity contribution is -0.189. The standard InChI is InChI=1S/C30H46O3/c1-25(2)12-14-30(18-31)15-13-28(6)19(20(30)17-25)16-21(32)24-27(5)10-9-23(33)26(3,4)22(27)8-11-29(24,28)7/h16,20,22,24,31H,8-15,17-18H2,1-7H3/t20-,22?,24-,27+,28-,29-,30-/m1/s1. The molecule has 4 saturated carbocycles. The number of rotatable bonds is 1. The van der Waals surface area contributed by atoms with Crippen molar-refractivity contribution in [3.05, 3.63) is 11.6 Å². The van der Waals surface area contributed by atoms with E-state index in [0.29, 0.717) is 23.9 Å². The molecule has 0 amide bonds. The van der Waals surface area contributed by atoms with Gasteiger partial charge in [0.25, 0.3) is 0 Å². The molecule has 184 valence electrons. The van der Waals surface area contributed by atoms with E-state index in [1.807, 2.05) is 0 Å². The van der Waals surface area contributed by atoms with Crippen molar-refractivity contribution in [3.8, 4) is 0 Å². The minimum Gasteiger partial charge on any atom is -0.396 e. The lowest BCUT2D eigenvalue weighted by atomic mass is 9.33. The smallest absolute Gasteiger partial charge is 0.159 e. The van der Waals surface area contributed by atoms with Gasteiger partial charge in [0.05, 0.1) is 0 Å². The molecule has 0 aromatic heterocycles. The predicted octanol–water partition coefficient (Wildman–Crippen LogP) is 6.53. The molecule has 0 saturated heterocycles. The Kier molecular flexibility index (Phi) is 4.92. The summed E-state index contributed by atoms with van der Waals surface area (Å²) in [6.07, 6.45) is 11.0. The lowest BCUT2D eigenvalue weighted by Gasteiger charge is -2.70. The van der Waals surface area contributed by atoms with Gasteiger partial charge in [-0.2, -0.15) is 0 Å². The van der Waals surface area contributed by atoms with Crippen molar-refractivity contribution in [2.75, 3.05) is 6.61 Å². The van der Waals surface area contributed by atoms with Crippen LogP contribution in [0.3, 0.4) is 0 Å². The Morgan fingerprint density at radius 2 is 1.58 bits per heavy atom. The second-order valence-corrected chi connectivity index (χ2v) is 14.9. The van der Waals surface area contributed by atoms with Crippen LogP contribution in [0.25, 0.3) is 0 Å². The number of carbonyl (C=O) groups excluding carboxylic acids is 2. The molecule has 3 heteroatoms. The van der Waals surface area contributed by atoms with Crippen molar-refractivity contribution in [3.63, 3.8) is 0 Å². The maximum Gasteiger partial charge on any atom is 0.159 e. The van der Waals surface area contributed by atoms with Gasteiger partial charge in [0.2, 0.25) is 0 Å². The maximum atomic E-state index is 14.2. The summed E-state index contributed by atoms with van der Waals surface area (Å²) in [5, 5.41) is 10.6. The number of fused-ring (bicyclic) bond motifs is 7. The number of carbonyl (C=O) groups is 2. The van der Waals surface area contributed by atoms with Gasteiger partial charge in [-0.05, 0) is 90.9 Å². The summed E-state index contributed by atoms with van der Waals surface area (Å²) in [5.74, 6) is 1.28. The van der Waals surface area contributed by atoms with Crippen LogP contribution in [0.5, 0.6) is 0 Å². The minimum absolute atomic E-state index is 0.0110. The zero-order valence-corrected chi connectivity index (χ0v) is 22.1. The SMILES string of the molecule is CC1(C)CC[C@]2(CO)CC[C@]3(C)C(=CC(=O)[C@@H]4[C@@]5(C)CCC(=O)C(C)(C)C5CC[C@]43C)[C@H]2C1. The molecule has 5 rings (SSSR count). The molecule has 33 heavy (non-hydrogen) atoms. The highest BCUT2D eigenvalue weighted by molar-refractivity contribution is 5.96. The highest BCUT2D eigenvalue weighted by Gasteiger charge is 2.70. The van der Waals surface area contributed by atoms with Crippen molar-refractivity contribution in [1.82, 2.24) is 0 Å². The quantitative estimate of drug-likeness (QED) is 0.490. The first kappa shape index (κ1) is 23.8. The number of aliphatic hydroxyl groups is 1. The zero-order valence-electron chi connectivity index (χ0n) is 22.1. The van der Waals surface area contributed by atoms with Crippen LogP contribution in [-0.4, -0.2) is 23.3 Å². The Labute approximate surface area is 201 Å². The average molecular weight is 455 g/mol. The molecule has 0 spiro atoms. The largest absolute Gasteiger partial charge is 0.396 e. The molecular weight excluding hydrogens is 408 g/mol. The zero-order chi connectivity index (χ0) is 24.2. The molecule has 0 aromatic rings. The van der Waals surface area contributed by atoms with Crippen LogP contribution in [0.1, 0.15) is 106 Å². The van der Waals surface area contributed by atoms with E-state index in [1.165, 1.54) is 5.57 Å². The number of Topliss-reactive ketones (excluding diaryl/α,β-unsaturated/α-hetero) is 1. The topological polar surface area (TPSA) is 54.4 Å². The Morgan fingerprint density at radius 3 is 2.24 bits per heavy atom. The third-order valence-electron chi connectivity index (χ3n) is 12.6. The van der Waals surface area contributed by atoms with Gasteiger partial charge >= 0.3 is 0 Å². The molecule has 3 nitrogen and oxygen atoms in total. The van der Waals surface area contributed by atoms with E-state index in [2.05, 4.69) is 54.5 Å². The second-order valence-electron chi connectivity index (χ2n) is 14.9. The number of aliphatic hydroxyl groups excluding tert-OH is 1. The number of hydrogen-bond acceptors (Lipinski definition) is 3. The van der Waals surface area contributed by atoms with Crippen LogP contribution >= 0.6 is 0 Å². The van der Waals surface area contributed by atoms with E-state index in [4.69, 9.17) is 0 Å². The van der Waals surface area contributed by atoms with E-state index < -0.39 is 0 Å². The molecule has 4 fully saturated rings. The summed E-state index contributed by atoms with van der Waals surface area (Å²) in [4.78, 5) is 27.1. The average Bonchev–Trinajstić information content (AvgIpc) is 2.72. The third kappa shape index (κ3) is 2.84. The van der Waals surface area contributed by atoms with E-state index in [0.717, 1.165) is 51.4 Å². The fourth-order valence-corrected chi connectivity index (χ4v) is 10.3. The first-order valence-corrected chi connectivity index (χ1v) is 13.6. The van der Waals surface area contributed by atoms with E-state index >= 15 is 0 Å². The molecule has 7 atom stereocenters. The van der Waals surface area contributed by atoms with Gasteiger partial charge in [0.15, 0.2) is 5.78 Å². The molecule has 0 bridgehead atoms. The summed E-state index contributed by atoms with van der Waals surface area (Å²) in [5.41, 5.74) is 1.01. The molecule has 0 heterocycles. The fourth-order valence-electron chi connectivity index (χ4n) is 10.3. The summed E-state index contributed by atoms with van der Waals surface area (Å²) in [7, 11) is 0. The normalized spacial score (nSPS) is 50.4. The van der Waals surface area contributed by atoms with Crippen LogP contribution in [-0.2, 0) is 9.59 Å². The molecule has 5 aliphatic carbocycles. The Bertz CT molecular complexity index is 927. The summed E-state index contributed by atoms with van der Waals surface area (Å²) in [6.45, 7) is 16.5.